The van der Waals surface area contributed by atoms with Gasteiger partial charge in [-0.1, -0.05) is 20.8 Å². The summed E-state index contributed by atoms with van der Waals surface area (Å²) in [6.45, 7) is 9.15. The highest BCUT2D eigenvalue weighted by Crippen LogP contribution is 2.59. The van der Waals surface area contributed by atoms with E-state index in [0.29, 0.717) is 42.5 Å². The molecule has 4 saturated carbocycles. The molecule has 1 amide bonds. The van der Waals surface area contributed by atoms with E-state index in [9.17, 15) is 9.90 Å². The zero-order chi connectivity index (χ0) is 20.4. The smallest absolute Gasteiger partial charge is 0.254 e. The molecule has 5 aliphatic rings. The number of aromatic nitrogens is 2. The van der Waals surface area contributed by atoms with Gasteiger partial charge in [0.1, 0.15) is 0 Å². The van der Waals surface area contributed by atoms with E-state index in [1.54, 1.807) is 6.20 Å². The van der Waals surface area contributed by atoms with Gasteiger partial charge < -0.3 is 20.1 Å². The molecular formula is C22H32N4O3. The molecule has 2 heterocycles. The topological polar surface area (TPSA) is 87.6 Å². The van der Waals surface area contributed by atoms with Crippen LogP contribution in [-0.4, -0.2) is 58.9 Å². The maximum atomic E-state index is 13.3. The Hall–Kier alpha value is -1.73. The first-order valence-corrected chi connectivity index (χ1v) is 11.0. The van der Waals surface area contributed by atoms with Gasteiger partial charge in [0, 0.05) is 30.7 Å². The SMILES string of the molecule is CC(C)(C)c1nc(N2CCOCC2)ncc1C(=O)N[C@@H]1[C@@H]2CC3C[C@@](O)(C2)C[C@H]31. The van der Waals surface area contributed by atoms with Crippen molar-refractivity contribution in [2.45, 2.75) is 63.5 Å². The number of rotatable bonds is 3. The molecule has 2 N–H and O–H groups in total. The Morgan fingerprint density at radius 2 is 1.97 bits per heavy atom. The minimum absolute atomic E-state index is 0.0727. The normalized spacial score (nSPS) is 35.9. The van der Waals surface area contributed by atoms with Crippen LogP contribution in [0.25, 0.3) is 0 Å². The summed E-state index contributed by atoms with van der Waals surface area (Å²) in [4.78, 5) is 24.8. The summed E-state index contributed by atoms with van der Waals surface area (Å²) in [5, 5.41) is 14.0. The highest BCUT2D eigenvalue weighted by Gasteiger charge is 2.60. The predicted molar refractivity (Wildman–Crippen MR) is 109 cm³/mol. The fourth-order valence-corrected chi connectivity index (χ4v) is 6.24. The number of hydrogen-bond acceptors (Lipinski definition) is 6. The van der Waals surface area contributed by atoms with E-state index in [4.69, 9.17) is 9.72 Å². The van der Waals surface area contributed by atoms with Crippen molar-refractivity contribution in [3.05, 3.63) is 17.5 Å². The van der Waals surface area contributed by atoms with Crippen molar-refractivity contribution in [2.24, 2.45) is 17.8 Å². The first-order valence-electron chi connectivity index (χ1n) is 11.0. The highest BCUT2D eigenvalue weighted by molar-refractivity contribution is 5.95. The predicted octanol–water partition coefficient (Wildman–Crippen LogP) is 1.89. The second-order valence-electron chi connectivity index (χ2n) is 10.5. The molecule has 29 heavy (non-hydrogen) atoms. The monoisotopic (exact) mass is 400 g/mol. The highest BCUT2D eigenvalue weighted by atomic mass is 16.5. The Labute approximate surface area is 172 Å². The van der Waals surface area contributed by atoms with Crippen LogP contribution in [0.2, 0.25) is 0 Å². The van der Waals surface area contributed by atoms with Gasteiger partial charge in [0.2, 0.25) is 5.95 Å². The Kier molecular flexibility index (Phi) is 4.41. The maximum Gasteiger partial charge on any atom is 0.254 e. The molecule has 1 unspecified atom stereocenters. The van der Waals surface area contributed by atoms with Crippen LogP contribution in [0.15, 0.2) is 6.20 Å². The largest absolute Gasteiger partial charge is 0.390 e. The number of hydrogen-bond donors (Lipinski definition) is 2. The van der Waals surface area contributed by atoms with Gasteiger partial charge in [-0.2, -0.15) is 0 Å². The Balaban J connectivity index is 1.39. The third-order valence-electron chi connectivity index (χ3n) is 7.40. The average molecular weight is 401 g/mol. The van der Waals surface area contributed by atoms with Crippen molar-refractivity contribution in [3.63, 3.8) is 0 Å². The first-order chi connectivity index (χ1) is 13.7. The molecule has 5 atom stereocenters. The molecule has 158 valence electrons. The molecule has 7 nitrogen and oxygen atoms in total. The number of carbonyl (C=O) groups excluding carboxylic acids is 1. The molecule has 7 heteroatoms. The molecule has 4 aliphatic carbocycles. The summed E-state index contributed by atoms with van der Waals surface area (Å²) in [6.07, 6.45) is 5.40. The van der Waals surface area contributed by atoms with Gasteiger partial charge in [-0.05, 0) is 43.4 Å². The summed E-state index contributed by atoms with van der Waals surface area (Å²) in [5.41, 5.74) is 0.626. The lowest BCUT2D eigenvalue weighted by atomic mass is 9.76. The molecule has 0 radical (unpaired) electrons. The zero-order valence-electron chi connectivity index (χ0n) is 17.6. The van der Waals surface area contributed by atoms with Crippen molar-refractivity contribution in [2.75, 3.05) is 31.2 Å². The summed E-state index contributed by atoms with van der Waals surface area (Å²) >= 11 is 0. The second-order valence-corrected chi connectivity index (χ2v) is 10.5. The number of aliphatic hydroxyl groups is 1. The molecule has 5 fully saturated rings. The van der Waals surface area contributed by atoms with Gasteiger partial charge in [0.25, 0.3) is 5.91 Å². The van der Waals surface area contributed by atoms with E-state index in [0.717, 1.165) is 44.5 Å². The standard InChI is InChI=1S/C22H32N4O3/c1-21(2,3)18-16(12-23-20(25-18)26-4-6-29-7-5-26)19(27)24-17-14-8-13-9-22(28,10-14)11-15(13)17/h12-15,17,28H,4-11H2,1-3H3,(H,24,27)/t13?,14-,15-,17-,22-/m1/s1. The van der Waals surface area contributed by atoms with Crippen molar-refractivity contribution < 1.29 is 14.6 Å². The second kappa shape index (κ2) is 6.64. The van der Waals surface area contributed by atoms with Crippen LogP contribution in [-0.2, 0) is 10.2 Å². The third-order valence-corrected chi connectivity index (χ3v) is 7.40. The van der Waals surface area contributed by atoms with Crippen molar-refractivity contribution in [1.82, 2.24) is 15.3 Å². The van der Waals surface area contributed by atoms with Crippen LogP contribution in [0.1, 0.15) is 62.5 Å². The fraction of sp³-hybridized carbons (Fsp3) is 0.773. The van der Waals surface area contributed by atoms with Gasteiger partial charge in [-0.15, -0.1) is 0 Å². The quantitative estimate of drug-likeness (QED) is 0.806. The average Bonchev–Trinajstić information content (AvgIpc) is 3.06. The summed E-state index contributed by atoms with van der Waals surface area (Å²) in [5.74, 6) is 1.97. The van der Waals surface area contributed by atoms with Crippen LogP contribution in [0.3, 0.4) is 0 Å². The molecule has 1 aliphatic heterocycles. The molecule has 6 rings (SSSR count). The first kappa shape index (κ1) is 19.2. The molecule has 1 aromatic rings. The number of morpholine rings is 1. The summed E-state index contributed by atoms with van der Waals surface area (Å²) in [7, 11) is 0. The number of anilines is 1. The van der Waals surface area contributed by atoms with Gasteiger partial charge in [-0.25, -0.2) is 9.97 Å². The van der Waals surface area contributed by atoms with E-state index >= 15 is 0 Å². The van der Waals surface area contributed by atoms with Crippen molar-refractivity contribution >= 4 is 11.9 Å². The van der Waals surface area contributed by atoms with E-state index < -0.39 is 5.60 Å². The zero-order valence-corrected chi connectivity index (χ0v) is 17.6. The number of amides is 1. The van der Waals surface area contributed by atoms with Crippen LogP contribution in [0.4, 0.5) is 5.95 Å². The van der Waals surface area contributed by atoms with E-state index in [1.807, 2.05) is 0 Å². The summed E-state index contributed by atoms with van der Waals surface area (Å²) in [6, 6.07) is 0.169. The third kappa shape index (κ3) is 3.32. The minimum atomic E-state index is -0.473. The van der Waals surface area contributed by atoms with Crippen LogP contribution < -0.4 is 10.2 Å². The van der Waals surface area contributed by atoms with Crippen LogP contribution in [0, 0.1) is 17.8 Å². The number of carbonyl (C=O) groups is 1. The van der Waals surface area contributed by atoms with Crippen molar-refractivity contribution in [3.8, 4) is 0 Å². The molecule has 0 spiro atoms. The Bertz CT molecular complexity index is 813. The van der Waals surface area contributed by atoms with Gasteiger partial charge in [-0.3, -0.25) is 4.79 Å². The van der Waals surface area contributed by atoms with E-state index in [-0.39, 0.29) is 17.4 Å². The molecule has 1 aromatic heterocycles. The van der Waals surface area contributed by atoms with E-state index in [1.165, 1.54) is 0 Å². The Morgan fingerprint density at radius 1 is 1.24 bits per heavy atom. The number of nitrogens with zero attached hydrogens (tertiary/aromatic N) is 3. The number of ether oxygens (including phenoxy) is 1. The fourth-order valence-electron chi connectivity index (χ4n) is 6.24. The molecule has 4 bridgehead atoms. The summed E-state index contributed by atoms with van der Waals surface area (Å²) < 4.78 is 5.43. The van der Waals surface area contributed by atoms with Gasteiger partial charge in [0.05, 0.1) is 30.1 Å². The lowest BCUT2D eigenvalue weighted by Gasteiger charge is -2.38. The number of nitrogens with one attached hydrogen (secondary N) is 1. The minimum Gasteiger partial charge on any atom is -0.390 e. The lowest BCUT2D eigenvalue weighted by Crippen LogP contribution is -2.48. The van der Waals surface area contributed by atoms with Gasteiger partial charge in [0.15, 0.2) is 0 Å². The lowest BCUT2D eigenvalue weighted by molar-refractivity contribution is -0.0192. The maximum absolute atomic E-state index is 13.3. The van der Waals surface area contributed by atoms with E-state index in [2.05, 4.69) is 36.0 Å². The van der Waals surface area contributed by atoms with Gasteiger partial charge >= 0.3 is 0 Å². The van der Waals surface area contributed by atoms with Crippen molar-refractivity contribution in [1.29, 1.82) is 0 Å². The molecule has 0 aromatic carbocycles. The van der Waals surface area contributed by atoms with Crippen LogP contribution in [0.5, 0.6) is 0 Å². The Morgan fingerprint density at radius 3 is 2.66 bits per heavy atom. The molecule has 1 saturated heterocycles. The molecular weight excluding hydrogens is 368 g/mol. The van der Waals surface area contributed by atoms with Crippen LogP contribution >= 0.6 is 0 Å².